The number of piperidine rings is 1. The smallest absolute Gasteiger partial charge is 0.323 e. The number of carbonyl (C=O) groups is 1. The maximum absolute atomic E-state index is 12.4. The number of anilines is 1. The van der Waals surface area contributed by atoms with Gasteiger partial charge < -0.3 is 9.64 Å². The molecule has 0 bridgehead atoms. The molecule has 1 N–H and O–H groups in total. The van der Waals surface area contributed by atoms with Crippen molar-refractivity contribution in [1.29, 1.82) is 0 Å². The molecule has 1 aliphatic heterocycles. The van der Waals surface area contributed by atoms with E-state index in [2.05, 4.69) is 32.8 Å². The Bertz CT molecular complexity index is 1050. The van der Waals surface area contributed by atoms with E-state index in [1.807, 2.05) is 42.9 Å². The largest absolute Gasteiger partial charge is 0.487 e. The van der Waals surface area contributed by atoms with Gasteiger partial charge in [0.2, 0.25) is 0 Å². The molecule has 3 aromatic rings. The number of likely N-dealkylation sites (tertiary alicyclic amines) is 1. The molecule has 0 saturated carbocycles. The van der Waals surface area contributed by atoms with Gasteiger partial charge in [-0.2, -0.15) is 10.2 Å². The molecule has 3 heterocycles. The molecule has 31 heavy (non-hydrogen) atoms. The molecular formula is C23H26N6O2. The first-order chi connectivity index (χ1) is 15.1. The number of ether oxygens (including phenoxy) is 1. The topological polar surface area (TPSA) is 85.2 Å². The molecule has 0 radical (unpaired) electrons. The molecular weight excluding hydrogens is 392 g/mol. The van der Waals surface area contributed by atoms with Crippen molar-refractivity contribution in [3.63, 3.8) is 0 Å². The summed E-state index contributed by atoms with van der Waals surface area (Å²) in [4.78, 5) is 14.2. The van der Waals surface area contributed by atoms with Gasteiger partial charge in [0.15, 0.2) is 5.82 Å². The minimum atomic E-state index is -0.139. The highest BCUT2D eigenvalue weighted by atomic mass is 16.5. The zero-order chi connectivity index (χ0) is 21.6. The number of urea groups is 1. The van der Waals surface area contributed by atoms with E-state index in [4.69, 9.17) is 4.74 Å². The van der Waals surface area contributed by atoms with E-state index in [1.54, 1.807) is 23.2 Å². The van der Waals surface area contributed by atoms with Crippen LogP contribution in [-0.4, -0.2) is 44.0 Å². The van der Waals surface area contributed by atoms with Gasteiger partial charge in [0.1, 0.15) is 18.1 Å². The van der Waals surface area contributed by atoms with Crippen molar-refractivity contribution in [1.82, 2.24) is 24.9 Å². The number of aryl methyl sites for hydroxylation is 2. The maximum atomic E-state index is 12.4. The fourth-order valence-corrected chi connectivity index (χ4v) is 3.49. The quantitative estimate of drug-likeness (QED) is 0.681. The third-order valence-electron chi connectivity index (χ3n) is 5.28. The van der Waals surface area contributed by atoms with Gasteiger partial charge in [-0.25, -0.2) is 4.79 Å². The van der Waals surface area contributed by atoms with Crippen molar-refractivity contribution >= 4 is 17.9 Å². The molecule has 2 amide bonds. The lowest BCUT2D eigenvalue weighted by Gasteiger charge is -2.28. The summed E-state index contributed by atoms with van der Waals surface area (Å²) >= 11 is 0. The SMILES string of the molecule is Cc1cc(COc2cccc(C=C3CCN(C(=O)Nc4cccnn4)CC3)c2)nn1C. The van der Waals surface area contributed by atoms with Gasteiger partial charge in [0, 0.05) is 32.0 Å². The van der Waals surface area contributed by atoms with E-state index in [1.165, 1.54) is 5.57 Å². The van der Waals surface area contributed by atoms with Gasteiger partial charge in [-0.15, -0.1) is 5.10 Å². The van der Waals surface area contributed by atoms with Crippen molar-refractivity contribution < 1.29 is 9.53 Å². The summed E-state index contributed by atoms with van der Waals surface area (Å²) in [5.41, 5.74) is 4.44. The Morgan fingerprint density at radius 2 is 2.03 bits per heavy atom. The molecule has 1 aliphatic rings. The van der Waals surface area contributed by atoms with Gasteiger partial charge >= 0.3 is 6.03 Å². The third-order valence-corrected chi connectivity index (χ3v) is 5.28. The van der Waals surface area contributed by atoms with E-state index >= 15 is 0 Å². The molecule has 0 atom stereocenters. The summed E-state index contributed by atoms with van der Waals surface area (Å²) in [5.74, 6) is 1.28. The molecule has 0 unspecified atom stereocenters. The van der Waals surface area contributed by atoms with Crippen LogP contribution in [0.3, 0.4) is 0 Å². The molecule has 8 nitrogen and oxygen atoms in total. The summed E-state index contributed by atoms with van der Waals surface area (Å²) in [5, 5.41) is 14.9. The zero-order valence-corrected chi connectivity index (χ0v) is 17.8. The second kappa shape index (κ2) is 9.42. The van der Waals surface area contributed by atoms with Crippen LogP contribution in [0.15, 0.2) is 54.2 Å². The van der Waals surface area contributed by atoms with Crippen LogP contribution < -0.4 is 10.1 Å². The molecule has 1 aromatic carbocycles. The highest BCUT2D eigenvalue weighted by molar-refractivity contribution is 5.88. The first kappa shape index (κ1) is 20.6. The molecule has 4 rings (SSSR count). The van der Waals surface area contributed by atoms with Crippen LogP contribution in [0.5, 0.6) is 5.75 Å². The van der Waals surface area contributed by atoms with Crippen LogP contribution >= 0.6 is 0 Å². The number of aromatic nitrogens is 4. The molecule has 2 aromatic heterocycles. The normalized spacial score (nSPS) is 13.7. The number of amides is 2. The van der Waals surface area contributed by atoms with Gasteiger partial charge in [-0.3, -0.25) is 10.00 Å². The van der Waals surface area contributed by atoms with Crippen molar-refractivity contribution in [2.75, 3.05) is 18.4 Å². The summed E-state index contributed by atoms with van der Waals surface area (Å²) in [7, 11) is 1.93. The Morgan fingerprint density at radius 1 is 1.19 bits per heavy atom. The molecule has 0 aliphatic carbocycles. The van der Waals surface area contributed by atoms with E-state index in [-0.39, 0.29) is 6.03 Å². The highest BCUT2D eigenvalue weighted by Gasteiger charge is 2.19. The average molecular weight is 419 g/mol. The van der Waals surface area contributed by atoms with Crippen LogP contribution in [-0.2, 0) is 13.7 Å². The Balaban J connectivity index is 1.31. The first-order valence-electron chi connectivity index (χ1n) is 10.3. The van der Waals surface area contributed by atoms with Crippen LogP contribution in [0, 0.1) is 6.92 Å². The van der Waals surface area contributed by atoms with Crippen LogP contribution in [0.2, 0.25) is 0 Å². The predicted octanol–water partition coefficient (Wildman–Crippen LogP) is 3.81. The third kappa shape index (κ3) is 5.48. The number of hydrogen-bond donors (Lipinski definition) is 1. The number of benzene rings is 1. The van der Waals surface area contributed by atoms with E-state index in [0.717, 1.165) is 35.5 Å². The summed E-state index contributed by atoms with van der Waals surface area (Å²) in [6.07, 6.45) is 5.45. The fourth-order valence-electron chi connectivity index (χ4n) is 3.49. The molecule has 160 valence electrons. The number of nitrogens with one attached hydrogen (secondary N) is 1. The van der Waals surface area contributed by atoms with E-state index in [9.17, 15) is 4.79 Å². The zero-order valence-electron chi connectivity index (χ0n) is 17.8. The second-order valence-electron chi connectivity index (χ2n) is 7.59. The van der Waals surface area contributed by atoms with Gasteiger partial charge in [-0.1, -0.05) is 23.8 Å². The van der Waals surface area contributed by atoms with Crippen LogP contribution in [0.1, 0.15) is 29.8 Å². The summed E-state index contributed by atoms with van der Waals surface area (Å²) in [6.45, 7) is 3.81. The summed E-state index contributed by atoms with van der Waals surface area (Å²) < 4.78 is 7.76. The molecule has 1 fully saturated rings. The minimum Gasteiger partial charge on any atom is -0.487 e. The maximum Gasteiger partial charge on any atom is 0.323 e. The number of carbonyl (C=O) groups excluding carboxylic acids is 1. The Kier molecular flexibility index (Phi) is 6.26. The van der Waals surface area contributed by atoms with Crippen molar-refractivity contribution in [2.45, 2.75) is 26.4 Å². The fraction of sp³-hybridized carbons (Fsp3) is 0.304. The average Bonchev–Trinajstić information content (AvgIpc) is 3.11. The van der Waals surface area contributed by atoms with Crippen LogP contribution in [0.4, 0.5) is 10.6 Å². The highest BCUT2D eigenvalue weighted by Crippen LogP contribution is 2.22. The van der Waals surface area contributed by atoms with Crippen molar-refractivity contribution in [3.05, 3.63) is 71.2 Å². The Morgan fingerprint density at radius 3 is 2.74 bits per heavy atom. The standard InChI is InChI=1S/C23H26N6O2/c1-17-13-20(27-28(17)2)16-31-21-6-3-5-19(15-21)14-18-8-11-29(12-9-18)23(30)25-22-7-4-10-24-26-22/h3-7,10,13-15H,8-9,11-12,16H2,1-2H3,(H,25,26,30). The molecule has 1 saturated heterocycles. The summed E-state index contributed by atoms with van der Waals surface area (Å²) in [6, 6.07) is 13.4. The number of nitrogens with zero attached hydrogens (tertiary/aromatic N) is 5. The van der Waals surface area contributed by atoms with Crippen molar-refractivity contribution in [2.24, 2.45) is 7.05 Å². The molecule has 0 spiro atoms. The van der Waals surface area contributed by atoms with Gasteiger partial charge in [0.25, 0.3) is 0 Å². The second-order valence-corrected chi connectivity index (χ2v) is 7.59. The van der Waals surface area contributed by atoms with Crippen LogP contribution in [0.25, 0.3) is 6.08 Å². The lowest BCUT2D eigenvalue weighted by Crippen LogP contribution is -2.39. The first-order valence-corrected chi connectivity index (χ1v) is 10.3. The molecule has 8 heteroatoms. The van der Waals surface area contributed by atoms with Gasteiger partial charge in [0.05, 0.1) is 0 Å². The minimum absolute atomic E-state index is 0.139. The Labute approximate surface area is 181 Å². The number of rotatable bonds is 5. The lowest BCUT2D eigenvalue weighted by molar-refractivity contribution is 0.207. The van der Waals surface area contributed by atoms with E-state index in [0.29, 0.717) is 25.5 Å². The Hall–Kier alpha value is -3.68. The lowest BCUT2D eigenvalue weighted by atomic mass is 10.0. The monoisotopic (exact) mass is 418 g/mol. The van der Waals surface area contributed by atoms with E-state index < -0.39 is 0 Å². The van der Waals surface area contributed by atoms with Crippen molar-refractivity contribution in [3.8, 4) is 5.75 Å². The van der Waals surface area contributed by atoms with Gasteiger partial charge in [-0.05, 0) is 55.7 Å². The number of hydrogen-bond acceptors (Lipinski definition) is 5. The predicted molar refractivity (Wildman–Crippen MR) is 119 cm³/mol.